The number of hydrogen-bond donors (Lipinski definition) is 0. The van der Waals surface area contributed by atoms with Gasteiger partial charge in [-0.2, -0.15) is 0 Å². The number of rotatable bonds is 2. The third-order valence-corrected chi connectivity index (χ3v) is 3.37. The van der Waals surface area contributed by atoms with E-state index in [1.54, 1.807) is 30.0 Å². The molecule has 0 N–H and O–H groups in total. The lowest BCUT2D eigenvalue weighted by Crippen LogP contribution is -2.39. The van der Waals surface area contributed by atoms with E-state index in [0.29, 0.717) is 17.9 Å². The van der Waals surface area contributed by atoms with Crippen molar-refractivity contribution in [3.05, 3.63) is 24.3 Å². The van der Waals surface area contributed by atoms with Gasteiger partial charge >= 0.3 is 0 Å². The van der Waals surface area contributed by atoms with Crippen LogP contribution in [0.4, 0.5) is 11.4 Å². The summed E-state index contributed by atoms with van der Waals surface area (Å²) in [6.45, 7) is 5.08. The van der Waals surface area contributed by atoms with E-state index in [2.05, 4.69) is 0 Å². The molecule has 1 atom stereocenters. The van der Waals surface area contributed by atoms with Crippen molar-refractivity contribution in [2.24, 2.45) is 5.92 Å². The van der Waals surface area contributed by atoms with Gasteiger partial charge in [-0.25, -0.2) is 0 Å². The number of carbonyl (C=O) groups is 3. The van der Waals surface area contributed by atoms with Crippen LogP contribution in [0.15, 0.2) is 24.3 Å². The maximum Gasteiger partial charge on any atom is 0.232 e. The zero-order valence-corrected chi connectivity index (χ0v) is 11.9. The summed E-state index contributed by atoms with van der Waals surface area (Å²) in [4.78, 5) is 38.8. The van der Waals surface area contributed by atoms with Crippen LogP contribution in [0.2, 0.25) is 0 Å². The molecule has 0 aromatic heterocycles. The van der Waals surface area contributed by atoms with Crippen molar-refractivity contribution in [3.8, 4) is 0 Å². The normalized spacial score (nSPS) is 18.6. The second-order valence-electron chi connectivity index (χ2n) is 5.15. The number of ketones is 1. The Hall–Kier alpha value is -2.17. The summed E-state index contributed by atoms with van der Waals surface area (Å²) in [6.07, 6.45) is 0. The van der Waals surface area contributed by atoms with Gasteiger partial charge < -0.3 is 9.80 Å². The number of benzene rings is 1. The lowest BCUT2D eigenvalue weighted by molar-refractivity contribution is -0.124. The fraction of sp³-hybridized carbons (Fsp3) is 0.400. The highest BCUT2D eigenvalue weighted by molar-refractivity contribution is 6.07. The number of Topliss-reactive ketones (excluding diaryl/α,β-unsaturated/α-hetero) is 1. The summed E-state index contributed by atoms with van der Waals surface area (Å²) in [5, 5.41) is 0. The van der Waals surface area contributed by atoms with Crippen LogP contribution in [-0.4, -0.2) is 30.7 Å². The topological polar surface area (TPSA) is 57.7 Å². The summed E-state index contributed by atoms with van der Waals surface area (Å²) in [6, 6.07) is 7.19. The first kappa shape index (κ1) is 14.2. The molecule has 0 fully saturated rings. The van der Waals surface area contributed by atoms with Gasteiger partial charge in [0, 0.05) is 13.5 Å². The third kappa shape index (κ3) is 2.57. The molecule has 1 heterocycles. The highest BCUT2D eigenvalue weighted by Gasteiger charge is 2.32. The fourth-order valence-electron chi connectivity index (χ4n) is 2.44. The van der Waals surface area contributed by atoms with Crippen LogP contribution < -0.4 is 9.80 Å². The molecule has 1 unspecified atom stereocenters. The largest absolute Gasteiger partial charge is 0.310 e. The lowest BCUT2D eigenvalue weighted by Gasteiger charge is -2.24. The van der Waals surface area contributed by atoms with Crippen LogP contribution in [0, 0.1) is 5.92 Å². The molecule has 1 aromatic rings. The van der Waals surface area contributed by atoms with E-state index < -0.39 is 0 Å². The maximum atomic E-state index is 12.4. The van der Waals surface area contributed by atoms with Crippen molar-refractivity contribution in [1.29, 1.82) is 0 Å². The number of nitrogens with zero attached hydrogens (tertiary/aromatic N) is 2. The summed E-state index contributed by atoms with van der Waals surface area (Å²) < 4.78 is 0. The average molecular weight is 274 g/mol. The van der Waals surface area contributed by atoms with Gasteiger partial charge in [-0.05, 0) is 19.1 Å². The zero-order chi connectivity index (χ0) is 14.9. The van der Waals surface area contributed by atoms with Crippen LogP contribution in [0.25, 0.3) is 0 Å². The highest BCUT2D eigenvalue weighted by atomic mass is 16.2. The molecule has 5 heteroatoms. The molecule has 0 aliphatic carbocycles. The Morgan fingerprint density at radius 3 is 2.35 bits per heavy atom. The molecule has 0 radical (unpaired) electrons. The minimum absolute atomic E-state index is 0.0337. The Balaban J connectivity index is 2.56. The molecule has 0 saturated carbocycles. The SMILES string of the molecule is CC(=O)CN1C(=O)C(C)CN(C(C)=O)c2ccccc21. The van der Waals surface area contributed by atoms with E-state index in [9.17, 15) is 14.4 Å². The molecule has 0 saturated heterocycles. The lowest BCUT2D eigenvalue weighted by atomic mass is 10.1. The Morgan fingerprint density at radius 1 is 1.20 bits per heavy atom. The number of hydrogen-bond acceptors (Lipinski definition) is 3. The zero-order valence-electron chi connectivity index (χ0n) is 11.9. The molecule has 106 valence electrons. The Morgan fingerprint density at radius 2 is 1.80 bits per heavy atom. The number of carbonyl (C=O) groups excluding carboxylic acids is 3. The van der Waals surface area contributed by atoms with Gasteiger partial charge in [0.05, 0.1) is 23.8 Å². The first-order valence-corrected chi connectivity index (χ1v) is 6.59. The number of anilines is 2. The molecule has 0 spiro atoms. The predicted molar refractivity (Wildman–Crippen MR) is 76.7 cm³/mol. The molecule has 1 aliphatic heterocycles. The van der Waals surface area contributed by atoms with Crippen molar-refractivity contribution in [2.45, 2.75) is 20.8 Å². The summed E-state index contributed by atoms with van der Waals surface area (Å²) in [5.41, 5.74) is 1.30. The number of amides is 2. The van der Waals surface area contributed by atoms with E-state index >= 15 is 0 Å². The first-order chi connectivity index (χ1) is 9.41. The average Bonchev–Trinajstić information content (AvgIpc) is 2.49. The van der Waals surface area contributed by atoms with E-state index in [-0.39, 0.29) is 30.1 Å². The molecule has 20 heavy (non-hydrogen) atoms. The summed E-state index contributed by atoms with van der Waals surface area (Å²) in [7, 11) is 0. The van der Waals surface area contributed by atoms with Crippen LogP contribution in [0.3, 0.4) is 0 Å². The van der Waals surface area contributed by atoms with E-state index in [4.69, 9.17) is 0 Å². The van der Waals surface area contributed by atoms with Gasteiger partial charge in [0.1, 0.15) is 5.78 Å². The molecule has 2 amide bonds. The quantitative estimate of drug-likeness (QED) is 0.823. The molecule has 0 bridgehead atoms. The van der Waals surface area contributed by atoms with Gasteiger partial charge in [0.15, 0.2) is 0 Å². The van der Waals surface area contributed by atoms with Crippen LogP contribution in [-0.2, 0) is 14.4 Å². The van der Waals surface area contributed by atoms with Crippen LogP contribution in [0.5, 0.6) is 0 Å². The third-order valence-electron chi connectivity index (χ3n) is 3.37. The van der Waals surface area contributed by atoms with Gasteiger partial charge in [-0.1, -0.05) is 19.1 Å². The van der Waals surface area contributed by atoms with Crippen LogP contribution in [0.1, 0.15) is 20.8 Å². The second kappa shape index (κ2) is 5.45. The summed E-state index contributed by atoms with van der Waals surface area (Å²) >= 11 is 0. The van der Waals surface area contributed by atoms with Crippen molar-refractivity contribution in [1.82, 2.24) is 0 Å². The molecule has 1 aromatic carbocycles. The molecule has 1 aliphatic rings. The van der Waals surface area contributed by atoms with Crippen molar-refractivity contribution < 1.29 is 14.4 Å². The van der Waals surface area contributed by atoms with Crippen molar-refractivity contribution in [3.63, 3.8) is 0 Å². The van der Waals surface area contributed by atoms with Crippen molar-refractivity contribution in [2.75, 3.05) is 22.9 Å². The number of para-hydroxylation sites is 2. The number of fused-ring (bicyclic) bond motifs is 1. The smallest absolute Gasteiger partial charge is 0.232 e. The Kier molecular flexibility index (Phi) is 3.88. The van der Waals surface area contributed by atoms with Gasteiger partial charge in [0.2, 0.25) is 11.8 Å². The molecule has 2 rings (SSSR count). The van der Waals surface area contributed by atoms with Gasteiger partial charge in [-0.3, -0.25) is 14.4 Å². The van der Waals surface area contributed by atoms with E-state index in [0.717, 1.165) is 0 Å². The first-order valence-electron chi connectivity index (χ1n) is 6.59. The van der Waals surface area contributed by atoms with Gasteiger partial charge in [0.25, 0.3) is 0 Å². The minimum atomic E-state index is -0.342. The minimum Gasteiger partial charge on any atom is -0.310 e. The van der Waals surface area contributed by atoms with Crippen molar-refractivity contribution >= 4 is 29.0 Å². The van der Waals surface area contributed by atoms with Gasteiger partial charge in [-0.15, -0.1) is 0 Å². The summed E-state index contributed by atoms with van der Waals surface area (Å²) in [5.74, 6) is -0.666. The fourth-order valence-corrected chi connectivity index (χ4v) is 2.44. The molecular weight excluding hydrogens is 256 g/mol. The van der Waals surface area contributed by atoms with E-state index in [1.807, 2.05) is 6.07 Å². The highest BCUT2D eigenvalue weighted by Crippen LogP contribution is 2.33. The maximum absolute atomic E-state index is 12.4. The van der Waals surface area contributed by atoms with Crippen LogP contribution >= 0.6 is 0 Å². The molecular formula is C15H18N2O3. The second-order valence-corrected chi connectivity index (χ2v) is 5.15. The van der Waals surface area contributed by atoms with E-state index in [1.165, 1.54) is 18.7 Å². The standard InChI is InChI=1S/C15H18N2O3/c1-10-8-16(12(3)19)13-6-4-5-7-14(13)17(15(10)20)9-11(2)18/h4-7,10H,8-9H2,1-3H3. The Labute approximate surface area is 118 Å². The predicted octanol–water partition coefficient (Wildman–Crippen LogP) is 1.61. The monoisotopic (exact) mass is 274 g/mol. The Bertz CT molecular complexity index is 568. The molecule has 5 nitrogen and oxygen atoms in total.